The van der Waals surface area contributed by atoms with Crippen molar-refractivity contribution in [2.24, 2.45) is 0 Å². The Morgan fingerprint density at radius 3 is 2.74 bits per heavy atom. The summed E-state index contributed by atoms with van der Waals surface area (Å²) in [5.41, 5.74) is 2.44. The number of thiophene rings is 1. The van der Waals surface area contributed by atoms with Crippen molar-refractivity contribution in [3.63, 3.8) is 0 Å². The average Bonchev–Trinajstić information content (AvgIpc) is 2.93. The van der Waals surface area contributed by atoms with E-state index in [1.807, 2.05) is 12.1 Å². The summed E-state index contributed by atoms with van der Waals surface area (Å²) in [6.45, 7) is 3.14. The minimum absolute atomic E-state index is 0.189. The Labute approximate surface area is 123 Å². The van der Waals surface area contributed by atoms with E-state index < -0.39 is 0 Å². The molecule has 1 atom stereocenters. The first kappa shape index (κ1) is 14.4. The van der Waals surface area contributed by atoms with Crippen molar-refractivity contribution in [2.45, 2.75) is 19.4 Å². The van der Waals surface area contributed by atoms with Crippen molar-refractivity contribution < 1.29 is 4.74 Å². The van der Waals surface area contributed by atoms with Gasteiger partial charge >= 0.3 is 0 Å². The molecular weight excluding hydrogens is 278 g/mol. The number of hydrogen-bond acceptors (Lipinski definition) is 3. The van der Waals surface area contributed by atoms with Crippen LogP contribution >= 0.6 is 22.9 Å². The fourth-order valence-corrected chi connectivity index (χ4v) is 2.97. The Morgan fingerprint density at radius 1 is 1.32 bits per heavy atom. The van der Waals surface area contributed by atoms with Gasteiger partial charge in [-0.05, 0) is 53.1 Å². The summed E-state index contributed by atoms with van der Waals surface area (Å²) in [5, 5.41) is 8.48. The van der Waals surface area contributed by atoms with Crippen LogP contribution in [0.15, 0.2) is 35.0 Å². The molecule has 1 N–H and O–H groups in total. The third kappa shape index (κ3) is 3.50. The number of nitrogens with one attached hydrogen (secondary N) is 1. The van der Waals surface area contributed by atoms with Gasteiger partial charge in [0, 0.05) is 0 Å². The van der Waals surface area contributed by atoms with Crippen LogP contribution in [0.2, 0.25) is 5.02 Å². The second kappa shape index (κ2) is 6.94. The highest BCUT2D eigenvalue weighted by atomic mass is 35.5. The predicted molar refractivity (Wildman–Crippen MR) is 82.5 cm³/mol. The van der Waals surface area contributed by atoms with Crippen molar-refractivity contribution in [1.29, 1.82) is 0 Å². The quantitative estimate of drug-likeness (QED) is 0.847. The minimum atomic E-state index is 0.189. The number of benzene rings is 1. The standard InChI is InChI=1S/C15H18ClNOS/c1-3-7-17-15(12-6-8-19-10-12)11-4-5-14(18-2)13(16)9-11/h4-6,8-10,15,17H,3,7H2,1-2H3. The molecule has 1 aromatic heterocycles. The van der Waals surface area contributed by atoms with Gasteiger partial charge in [0.2, 0.25) is 0 Å². The smallest absolute Gasteiger partial charge is 0.137 e. The molecule has 2 aromatic rings. The molecule has 0 radical (unpaired) electrons. The van der Waals surface area contributed by atoms with Crippen LogP contribution in [0.3, 0.4) is 0 Å². The Bertz CT molecular complexity index is 513. The van der Waals surface area contributed by atoms with Crippen LogP contribution in [0.4, 0.5) is 0 Å². The largest absolute Gasteiger partial charge is 0.495 e. The fraction of sp³-hybridized carbons (Fsp3) is 0.333. The molecule has 0 bridgehead atoms. The Morgan fingerprint density at radius 2 is 2.16 bits per heavy atom. The maximum atomic E-state index is 6.22. The van der Waals surface area contributed by atoms with E-state index in [-0.39, 0.29) is 6.04 Å². The zero-order chi connectivity index (χ0) is 13.7. The summed E-state index contributed by atoms with van der Waals surface area (Å²) in [6.07, 6.45) is 1.10. The molecule has 0 saturated carbocycles. The highest BCUT2D eigenvalue weighted by Gasteiger charge is 2.15. The van der Waals surface area contributed by atoms with Gasteiger partial charge in [-0.1, -0.05) is 24.6 Å². The zero-order valence-electron chi connectivity index (χ0n) is 11.2. The van der Waals surface area contributed by atoms with Crippen LogP contribution in [0, 0.1) is 0 Å². The number of hydrogen-bond donors (Lipinski definition) is 1. The van der Waals surface area contributed by atoms with E-state index in [0.717, 1.165) is 18.5 Å². The summed E-state index contributed by atoms with van der Waals surface area (Å²) < 4.78 is 5.20. The molecule has 1 heterocycles. The van der Waals surface area contributed by atoms with Crippen molar-refractivity contribution in [3.05, 3.63) is 51.2 Å². The first-order chi connectivity index (χ1) is 9.26. The van der Waals surface area contributed by atoms with Crippen molar-refractivity contribution >= 4 is 22.9 Å². The second-order valence-electron chi connectivity index (χ2n) is 4.34. The lowest BCUT2D eigenvalue weighted by Gasteiger charge is -2.19. The summed E-state index contributed by atoms with van der Waals surface area (Å²) >= 11 is 7.93. The second-order valence-corrected chi connectivity index (χ2v) is 5.53. The van der Waals surface area contributed by atoms with Crippen molar-refractivity contribution in [2.75, 3.05) is 13.7 Å². The molecule has 1 aromatic carbocycles. The van der Waals surface area contributed by atoms with E-state index in [9.17, 15) is 0 Å². The third-order valence-electron chi connectivity index (χ3n) is 2.98. The first-order valence-corrected chi connectivity index (χ1v) is 7.67. The molecule has 1 unspecified atom stereocenters. The summed E-state index contributed by atoms with van der Waals surface area (Å²) in [5.74, 6) is 0.713. The lowest BCUT2D eigenvalue weighted by molar-refractivity contribution is 0.414. The zero-order valence-corrected chi connectivity index (χ0v) is 12.7. The number of halogens is 1. The molecule has 0 aliphatic rings. The van der Waals surface area contributed by atoms with E-state index in [2.05, 4.69) is 35.1 Å². The average molecular weight is 296 g/mol. The monoisotopic (exact) mass is 295 g/mol. The summed E-state index contributed by atoms with van der Waals surface area (Å²) in [6, 6.07) is 8.30. The van der Waals surface area contributed by atoms with Gasteiger partial charge < -0.3 is 10.1 Å². The molecule has 0 aliphatic heterocycles. The first-order valence-electron chi connectivity index (χ1n) is 6.35. The van der Waals surface area contributed by atoms with E-state index >= 15 is 0 Å². The van der Waals surface area contributed by atoms with Gasteiger partial charge in [0.05, 0.1) is 18.2 Å². The molecule has 2 rings (SSSR count). The number of rotatable bonds is 6. The van der Waals surface area contributed by atoms with E-state index in [1.54, 1.807) is 18.4 Å². The van der Waals surface area contributed by atoms with Crippen LogP contribution < -0.4 is 10.1 Å². The Kier molecular flexibility index (Phi) is 5.25. The maximum absolute atomic E-state index is 6.22. The van der Waals surface area contributed by atoms with Gasteiger partial charge in [0.15, 0.2) is 0 Å². The van der Waals surface area contributed by atoms with Gasteiger partial charge in [-0.3, -0.25) is 0 Å². The SMILES string of the molecule is CCCNC(c1ccsc1)c1ccc(OC)c(Cl)c1. The van der Waals surface area contributed by atoms with Gasteiger partial charge in [-0.15, -0.1) is 0 Å². The molecule has 0 spiro atoms. The molecule has 102 valence electrons. The summed E-state index contributed by atoms with van der Waals surface area (Å²) in [4.78, 5) is 0. The molecule has 0 amide bonds. The van der Waals surface area contributed by atoms with Crippen LogP contribution in [-0.4, -0.2) is 13.7 Å². The van der Waals surface area contributed by atoms with Crippen molar-refractivity contribution in [1.82, 2.24) is 5.32 Å². The lowest BCUT2D eigenvalue weighted by atomic mass is 10.0. The fourth-order valence-electron chi connectivity index (χ4n) is 2.02. The van der Waals surface area contributed by atoms with Crippen molar-refractivity contribution in [3.8, 4) is 5.75 Å². The molecule has 4 heteroatoms. The topological polar surface area (TPSA) is 21.3 Å². The molecule has 0 fully saturated rings. The maximum Gasteiger partial charge on any atom is 0.137 e. The van der Waals surface area contributed by atoms with Gasteiger partial charge in [-0.25, -0.2) is 0 Å². The predicted octanol–water partition coefficient (Wildman–Crippen LogP) is 4.50. The van der Waals surface area contributed by atoms with E-state index in [0.29, 0.717) is 10.8 Å². The molecule has 19 heavy (non-hydrogen) atoms. The van der Waals surface area contributed by atoms with Crippen LogP contribution in [0.25, 0.3) is 0 Å². The van der Waals surface area contributed by atoms with Crippen LogP contribution in [0.5, 0.6) is 5.75 Å². The summed E-state index contributed by atoms with van der Waals surface area (Å²) in [7, 11) is 1.63. The Hall–Kier alpha value is -1.03. The highest BCUT2D eigenvalue weighted by Crippen LogP contribution is 2.31. The normalized spacial score (nSPS) is 12.4. The van der Waals surface area contributed by atoms with Crippen LogP contribution in [-0.2, 0) is 0 Å². The van der Waals surface area contributed by atoms with E-state index in [1.165, 1.54) is 5.56 Å². The Balaban J connectivity index is 2.30. The number of methoxy groups -OCH3 is 1. The minimum Gasteiger partial charge on any atom is -0.495 e. The molecule has 0 saturated heterocycles. The lowest BCUT2D eigenvalue weighted by Crippen LogP contribution is -2.22. The van der Waals surface area contributed by atoms with Gasteiger partial charge in [0.1, 0.15) is 5.75 Å². The third-order valence-corrected chi connectivity index (χ3v) is 3.98. The van der Waals surface area contributed by atoms with Gasteiger partial charge in [0.25, 0.3) is 0 Å². The van der Waals surface area contributed by atoms with Crippen LogP contribution in [0.1, 0.15) is 30.5 Å². The van der Waals surface area contributed by atoms with Gasteiger partial charge in [-0.2, -0.15) is 11.3 Å². The molecular formula is C15H18ClNOS. The number of ether oxygens (including phenoxy) is 1. The molecule has 0 aliphatic carbocycles. The van der Waals surface area contributed by atoms with E-state index in [4.69, 9.17) is 16.3 Å². The highest BCUT2D eigenvalue weighted by molar-refractivity contribution is 7.08. The molecule has 2 nitrogen and oxygen atoms in total.